The van der Waals surface area contributed by atoms with Crippen LogP contribution in [0, 0.1) is 13.8 Å². The van der Waals surface area contributed by atoms with Gasteiger partial charge in [0, 0.05) is 18.8 Å². The van der Waals surface area contributed by atoms with Gasteiger partial charge in [-0.1, -0.05) is 31.4 Å². The first-order valence-corrected chi connectivity index (χ1v) is 9.76. The van der Waals surface area contributed by atoms with Crippen LogP contribution in [0.1, 0.15) is 50.2 Å². The third-order valence-corrected chi connectivity index (χ3v) is 5.90. The summed E-state index contributed by atoms with van der Waals surface area (Å²) in [6.45, 7) is 6.23. The first-order chi connectivity index (χ1) is 12.3. The predicted molar refractivity (Wildman–Crippen MR) is 105 cm³/mol. The van der Waals surface area contributed by atoms with Crippen LogP contribution in [0.2, 0.25) is 0 Å². The lowest BCUT2D eigenvalue weighted by Crippen LogP contribution is -3.15. The molecule has 1 aliphatic rings. The smallest absolute Gasteiger partial charge is 0.280 e. The van der Waals surface area contributed by atoms with Crippen molar-refractivity contribution in [2.24, 2.45) is 0 Å². The Morgan fingerprint density at radius 2 is 1.88 bits per heavy atom. The molecule has 0 heterocycles. The van der Waals surface area contributed by atoms with Crippen LogP contribution in [0.25, 0.3) is 0 Å². The molecule has 0 spiro atoms. The maximum Gasteiger partial charge on any atom is 0.280 e. The van der Waals surface area contributed by atoms with Gasteiger partial charge in [0.15, 0.2) is 12.6 Å². The number of hydrogen-bond donors (Lipinski definition) is 2. The molecule has 1 fully saturated rings. The number of rotatable bonds is 6. The maximum absolute atomic E-state index is 12.8. The molecule has 2 N–H and O–H groups in total. The van der Waals surface area contributed by atoms with Gasteiger partial charge in [0.25, 0.3) is 11.8 Å². The van der Waals surface area contributed by atoms with E-state index in [1.807, 2.05) is 58.0 Å². The predicted octanol–water partition coefficient (Wildman–Crippen LogP) is 1.94. The summed E-state index contributed by atoms with van der Waals surface area (Å²) in [4.78, 5) is 28.1. The number of aryl methyl sites for hydroxylation is 1. The molecule has 5 nitrogen and oxygen atoms in total. The van der Waals surface area contributed by atoms with Crippen molar-refractivity contribution < 1.29 is 14.5 Å². The van der Waals surface area contributed by atoms with Crippen molar-refractivity contribution in [3.8, 4) is 0 Å². The van der Waals surface area contributed by atoms with E-state index >= 15 is 0 Å². The minimum atomic E-state index is -0.230. The zero-order valence-electron chi connectivity index (χ0n) is 16.9. The van der Waals surface area contributed by atoms with E-state index in [9.17, 15) is 9.59 Å². The minimum absolute atomic E-state index is 0.0591. The number of nitrogens with zero attached hydrogens (tertiary/aromatic N) is 1. The van der Waals surface area contributed by atoms with E-state index in [2.05, 4.69) is 5.32 Å². The molecule has 144 valence electrons. The average molecular weight is 361 g/mol. The Labute approximate surface area is 157 Å². The molecule has 5 heteroatoms. The zero-order chi connectivity index (χ0) is 19.3. The molecule has 0 saturated heterocycles. The van der Waals surface area contributed by atoms with E-state index < -0.39 is 0 Å². The summed E-state index contributed by atoms with van der Waals surface area (Å²) in [7, 11) is 3.83. The SMILES string of the molecule is Cc1cccc(NC(=O)C[NH+](C)[C@@H](C)C(=O)N(C)C2CCCCC2)c1C. The Balaban J connectivity index is 1.90. The number of likely N-dealkylation sites (N-methyl/N-ethyl adjacent to an activating group) is 2. The fourth-order valence-corrected chi connectivity index (χ4v) is 3.65. The van der Waals surface area contributed by atoms with Gasteiger partial charge in [0.2, 0.25) is 0 Å². The van der Waals surface area contributed by atoms with E-state index in [1.54, 1.807) is 0 Å². The number of carbonyl (C=O) groups excluding carboxylic acids is 2. The summed E-state index contributed by atoms with van der Waals surface area (Å²) in [5.41, 5.74) is 3.09. The third-order valence-electron chi connectivity index (χ3n) is 5.90. The van der Waals surface area contributed by atoms with Crippen molar-refractivity contribution in [2.45, 2.75) is 65.0 Å². The van der Waals surface area contributed by atoms with Crippen LogP contribution in [0.15, 0.2) is 18.2 Å². The quantitative estimate of drug-likeness (QED) is 0.815. The van der Waals surface area contributed by atoms with E-state index in [-0.39, 0.29) is 24.4 Å². The largest absolute Gasteiger partial charge is 0.338 e. The van der Waals surface area contributed by atoms with Crippen molar-refractivity contribution in [1.82, 2.24) is 4.90 Å². The lowest BCUT2D eigenvalue weighted by atomic mass is 9.94. The normalized spacial score (nSPS) is 17.4. The van der Waals surface area contributed by atoms with Gasteiger partial charge in [-0.3, -0.25) is 9.59 Å². The van der Waals surface area contributed by atoms with E-state index in [0.717, 1.165) is 34.6 Å². The van der Waals surface area contributed by atoms with Crippen LogP contribution in [-0.4, -0.2) is 49.4 Å². The van der Waals surface area contributed by atoms with Gasteiger partial charge in [0.05, 0.1) is 7.05 Å². The highest BCUT2D eigenvalue weighted by atomic mass is 16.2. The zero-order valence-corrected chi connectivity index (χ0v) is 16.9. The highest BCUT2D eigenvalue weighted by Crippen LogP contribution is 2.22. The van der Waals surface area contributed by atoms with Crippen LogP contribution < -0.4 is 10.2 Å². The molecule has 2 rings (SSSR count). The first-order valence-electron chi connectivity index (χ1n) is 9.76. The van der Waals surface area contributed by atoms with Crippen molar-refractivity contribution in [3.05, 3.63) is 29.3 Å². The number of anilines is 1. The molecule has 1 aromatic carbocycles. The Morgan fingerprint density at radius 1 is 1.23 bits per heavy atom. The van der Waals surface area contributed by atoms with Gasteiger partial charge in [0.1, 0.15) is 0 Å². The van der Waals surface area contributed by atoms with Gasteiger partial charge >= 0.3 is 0 Å². The summed E-state index contributed by atoms with van der Waals surface area (Å²) in [5, 5.41) is 2.98. The van der Waals surface area contributed by atoms with E-state index in [1.165, 1.54) is 19.3 Å². The van der Waals surface area contributed by atoms with Crippen LogP contribution >= 0.6 is 0 Å². The van der Waals surface area contributed by atoms with Crippen LogP contribution in [0.4, 0.5) is 5.69 Å². The highest BCUT2D eigenvalue weighted by Gasteiger charge is 2.30. The number of quaternary nitrogens is 1. The Kier molecular flexibility index (Phi) is 7.21. The minimum Gasteiger partial charge on any atom is -0.338 e. The van der Waals surface area contributed by atoms with E-state index in [0.29, 0.717) is 6.04 Å². The second kappa shape index (κ2) is 9.17. The molecule has 1 unspecified atom stereocenters. The van der Waals surface area contributed by atoms with Gasteiger partial charge in [-0.2, -0.15) is 0 Å². The fraction of sp³-hybridized carbons (Fsp3) is 0.619. The molecule has 1 aliphatic carbocycles. The molecule has 1 saturated carbocycles. The number of nitrogens with one attached hydrogen (secondary N) is 2. The molecule has 0 aliphatic heterocycles. The molecule has 2 amide bonds. The van der Waals surface area contributed by atoms with Crippen molar-refractivity contribution in [2.75, 3.05) is 26.0 Å². The second-order valence-corrected chi connectivity index (χ2v) is 7.78. The number of benzene rings is 1. The average Bonchev–Trinajstić information content (AvgIpc) is 2.64. The standard InChI is InChI=1S/C21H33N3O2/c1-15-10-9-13-19(16(15)2)22-20(25)14-23(4)17(3)21(26)24(5)18-11-7-6-8-12-18/h9-10,13,17-18H,6-8,11-12,14H2,1-5H3,(H,22,25)/p+1/t17-/m0/s1. The molecule has 1 aromatic rings. The lowest BCUT2D eigenvalue weighted by molar-refractivity contribution is -0.886. The summed E-state index contributed by atoms with van der Waals surface area (Å²) in [5.74, 6) is 0.0742. The van der Waals surface area contributed by atoms with Crippen molar-refractivity contribution >= 4 is 17.5 Å². The first kappa shape index (κ1) is 20.4. The summed E-state index contributed by atoms with van der Waals surface area (Å²) < 4.78 is 0. The Morgan fingerprint density at radius 3 is 2.54 bits per heavy atom. The summed E-state index contributed by atoms with van der Waals surface area (Å²) in [6.07, 6.45) is 5.88. The molecular formula is C21H34N3O2+. The van der Waals surface area contributed by atoms with Gasteiger partial charge in [-0.05, 0) is 50.8 Å². The molecule has 2 atom stereocenters. The molecular weight excluding hydrogens is 326 g/mol. The summed E-state index contributed by atoms with van der Waals surface area (Å²) >= 11 is 0. The maximum atomic E-state index is 12.8. The Hall–Kier alpha value is -1.88. The number of carbonyl (C=O) groups is 2. The lowest BCUT2D eigenvalue weighted by Gasteiger charge is -2.33. The van der Waals surface area contributed by atoms with Crippen LogP contribution in [0.3, 0.4) is 0 Å². The molecule has 26 heavy (non-hydrogen) atoms. The monoisotopic (exact) mass is 360 g/mol. The van der Waals surface area contributed by atoms with Gasteiger partial charge in [-0.25, -0.2) is 0 Å². The van der Waals surface area contributed by atoms with Crippen molar-refractivity contribution in [3.63, 3.8) is 0 Å². The number of hydrogen-bond acceptors (Lipinski definition) is 2. The van der Waals surface area contributed by atoms with E-state index in [4.69, 9.17) is 0 Å². The van der Waals surface area contributed by atoms with Gasteiger partial charge in [-0.15, -0.1) is 0 Å². The van der Waals surface area contributed by atoms with Crippen molar-refractivity contribution in [1.29, 1.82) is 0 Å². The summed E-state index contributed by atoms with van der Waals surface area (Å²) in [6, 6.07) is 6.02. The highest BCUT2D eigenvalue weighted by molar-refractivity contribution is 5.92. The Bertz CT molecular complexity index is 638. The fourth-order valence-electron chi connectivity index (χ4n) is 3.65. The van der Waals surface area contributed by atoms with Crippen LogP contribution in [0.5, 0.6) is 0 Å². The molecule has 0 radical (unpaired) electrons. The third kappa shape index (κ3) is 5.07. The van der Waals surface area contributed by atoms with Gasteiger partial charge < -0.3 is 15.1 Å². The second-order valence-electron chi connectivity index (χ2n) is 7.78. The molecule has 0 aromatic heterocycles. The number of amides is 2. The molecule has 0 bridgehead atoms. The topological polar surface area (TPSA) is 53.9 Å². The van der Waals surface area contributed by atoms with Crippen LogP contribution in [-0.2, 0) is 9.59 Å².